The highest BCUT2D eigenvalue weighted by atomic mass is 16.5. The molecule has 0 spiro atoms. The summed E-state index contributed by atoms with van der Waals surface area (Å²) in [7, 11) is 0. The first kappa shape index (κ1) is 14.5. The highest BCUT2D eigenvalue weighted by molar-refractivity contribution is 5.31. The summed E-state index contributed by atoms with van der Waals surface area (Å²) in [5.74, 6) is 0.559. The maximum absolute atomic E-state index is 9.11. The molecule has 0 fully saturated rings. The van der Waals surface area contributed by atoms with Crippen molar-refractivity contribution in [3.63, 3.8) is 0 Å². The maximum Gasteiger partial charge on any atom is 0.0721 e. The van der Waals surface area contributed by atoms with Crippen LogP contribution in [0.25, 0.3) is 0 Å². The van der Waals surface area contributed by atoms with Gasteiger partial charge in [-0.1, -0.05) is 37.6 Å². The fourth-order valence-corrected chi connectivity index (χ4v) is 2.80. The number of nitrogens with one attached hydrogen (secondary N) is 1. The summed E-state index contributed by atoms with van der Waals surface area (Å²) in [5, 5.41) is 12.7. The molecule has 106 valence electrons. The minimum Gasteiger partial charge on any atom is -0.396 e. The van der Waals surface area contributed by atoms with Crippen molar-refractivity contribution in [2.24, 2.45) is 5.92 Å². The van der Waals surface area contributed by atoms with E-state index < -0.39 is 0 Å². The largest absolute Gasteiger partial charge is 0.396 e. The standard InChI is InChI=1S/C16H25NO2/c1-2-5-13(8-9-18)10-17-16-12-19-11-14-6-3-4-7-15(14)16/h3-4,6-7,13,16-18H,2,5,8-12H2,1H3. The van der Waals surface area contributed by atoms with Gasteiger partial charge in [0.15, 0.2) is 0 Å². The topological polar surface area (TPSA) is 41.5 Å². The number of benzene rings is 1. The van der Waals surface area contributed by atoms with E-state index in [2.05, 4.69) is 36.5 Å². The number of rotatable bonds is 7. The van der Waals surface area contributed by atoms with Crippen molar-refractivity contribution in [1.29, 1.82) is 0 Å². The van der Waals surface area contributed by atoms with E-state index in [1.54, 1.807) is 0 Å². The summed E-state index contributed by atoms with van der Waals surface area (Å²) in [6, 6.07) is 8.78. The lowest BCUT2D eigenvalue weighted by atomic mass is 9.96. The summed E-state index contributed by atoms with van der Waals surface area (Å²) >= 11 is 0. The first-order chi connectivity index (χ1) is 9.35. The molecular weight excluding hydrogens is 238 g/mol. The van der Waals surface area contributed by atoms with Crippen molar-refractivity contribution >= 4 is 0 Å². The van der Waals surface area contributed by atoms with E-state index in [1.165, 1.54) is 24.0 Å². The van der Waals surface area contributed by atoms with E-state index in [0.717, 1.165) is 26.2 Å². The van der Waals surface area contributed by atoms with Crippen LogP contribution in [-0.2, 0) is 11.3 Å². The summed E-state index contributed by atoms with van der Waals surface area (Å²) < 4.78 is 5.65. The lowest BCUT2D eigenvalue weighted by Gasteiger charge is -2.28. The molecule has 1 aromatic rings. The van der Waals surface area contributed by atoms with Gasteiger partial charge in [-0.3, -0.25) is 0 Å². The predicted octanol–water partition coefficient (Wildman–Crippen LogP) is 2.65. The highest BCUT2D eigenvalue weighted by Crippen LogP contribution is 2.24. The SMILES string of the molecule is CCCC(CCO)CNC1COCc2ccccc21. The van der Waals surface area contributed by atoms with Crippen molar-refractivity contribution in [1.82, 2.24) is 5.32 Å². The van der Waals surface area contributed by atoms with E-state index in [9.17, 15) is 0 Å². The molecule has 1 heterocycles. The van der Waals surface area contributed by atoms with Crippen molar-refractivity contribution in [3.8, 4) is 0 Å². The van der Waals surface area contributed by atoms with Gasteiger partial charge in [0.2, 0.25) is 0 Å². The molecule has 1 aliphatic heterocycles. The van der Waals surface area contributed by atoms with Crippen LogP contribution in [0.3, 0.4) is 0 Å². The third kappa shape index (κ3) is 4.03. The molecule has 0 radical (unpaired) electrons. The fraction of sp³-hybridized carbons (Fsp3) is 0.625. The molecule has 3 nitrogen and oxygen atoms in total. The molecule has 0 bridgehead atoms. The van der Waals surface area contributed by atoms with Crippen molar-refractivity contribution < 1.29 is 9.84 Å². The number of hydrogen-bond donors (Lipinski definition) is 2. The van der Waals surface area contributed by atoms with Gasteiger partial charge in [-0.2, -0.15) is 0 Å². The van der Waals surface area contributed by atoms with Gasteiger partial charge in [0.25, 0.3) is 0 Å². The summed E-state index contributed by atoms with van der Waals surface area (Å²) in [4.78, 5) is 0. The third-order valence-electron chi connectivity index (χ3n) is 3.86. The van der Waals surface area contributed by atoms with Gasteiger partial charge in [-0.15, -0.1) is 0 Å². The predicted molar refractivity (Wildman–Crippen MR) is 76.9 cm³/mol. The lowest BCUT2D eigenvalue weighted by Crippen LogP contribution is -2.33. The van der Waals surface area contributed by atoms with Crippen LogP contribution in [0.2, 0.25) is 0 Å². The van der Waals surface area contributed by atoms with Crippen molar-refractivity contribution in [3.05, 3.63) is 35.4 Å². The van der Waals surface area contributed by atoms with Crippen molar-refractivity contribution in [2.45, 2.75) is 38.8 Å². The van der Waals surface area contributed by atoms with Crippen LogP contribution in [0.15, 0.2) is 24.3 Å². The fourth-order valence-electron chi connectivity index (χ4n) is 2.80. The molecule has 0 saturated heterocycles. The van der Waals surface area contributed by atoms with E-state index in [4.69, 9.17) is 9.84 Å². The second-order valence-corrected chi connectivity index (χ2v) is 5.34. The van der Waals surface area contributed by atoms with Gasteiger partial charge < -0.3 is 15.2 Å². The summed E-state index contributed by atoms with van der Waals surface area (Å²) in [6.45, 7) is 4.91. The minimum absolute atomic E-state index is 0.282. The average Bonchev–Trinajstić information content (AvgIpc) is 2.45. The molecule has 19 heavy (non-hydrogen) atoms. The van der Waals surface area contributed by atoms with Gasteiger partial charge in [0.05, 0.1) is 19.3 Å². The van der Waals surface area contributed by atoms with E-state index in [-0.39, 0.29) is 6.61 Å². The maximum atomic E-state index is 9.11. The number of ether oxygens (including phenoxy) is 1. The van der Waals surface area contributed by atoms with Gasteiger partial charge in [-0.05, 0) is 36.4 Å². The van der Waals surface area contributed by atoms with E-state index in [1.807, 2.05) is 0 Å². The zero-order valence-corrected chi connectivity index (χ0v) is 11.8. The Morgan fingerprint density at radius 3 is 3.00 bits per heavy atom. The Morgan fingerprint density at radius 1 is 1.37 bits per heavy atom. The quantitative estimate of drug-likeness (QED) is 0.794. The minimum atomic E-state index is 0.282. The third-order valence-corrected chi connectivity index (χ3v) is 3.86. The van der Waals surface area contributed by atoms with E-state index >= 15 is 0 Å². The van der Waals surface area contributed by atoms with Crippen LogP contribution in [0.4, 0.5) is 0 Å². The van der Waals surface area contributed by atoms with Gasteiger partial charge in [0.1, 0.15) is 0 Å². The molecule has 0 amide bonds. The molecule has 2 N–H and O–H groups in total. The summed E-state index contributed by atoms with van der Waals surface area (Å²) in [5.41, 5.74) is 2.66. The molecule has 0 saturated carbocycles. The van der Waals surface area contributed by atoms with Crippen LogP contribution in [-0.4, -0.2) is 24.9 Å². The Kier molecular flexibility index (Phi) is 5.83. The molecule has 2 atom stereocenters. The van der Waals surface area contributed by atoms with Crippen molar-refractivity contribution in [2.75, 3.05) is 19.8 Å². The van der Waals surface area contributed by atoms with Crippen LogP contribution in [0.5, 0.6) is 0 Å². The van der Waals surface area contributed by atoms with Gasteiger partial charge in [0, 0.05) is 6.61 Å². The lowest BCUT2D eigenvalue weighted by molar-refractivity contribution is 0.0801. The van der Waals surface area contributed by atoms with Crippen LogP contribution in [0.1, 0.15) is 43.4 Å². The molecule has 0 aromatic heterocycles. The van der Waals surface area contributed by atoms with Gasteiger partial charge >= 0.3 is 0 Å². The number of hydrogen-bond acceptors (Lipinski definition) is 3. The van der Waals surface area contributed by atoms with Crippen LogP contribution < -0.4 is 5.32 Å². The zero-order chi connectivity index (χ0) is 13.5. The molecule has 1 aliphatic rings. The Bertz CT molecular complexity index is 375. The monoisotopic (exact) mass is 263 g/mol. The zero-order valence-electron chi connectivity index (χ0n) is 11.8. The van der Waals surface area contributed by atoms with E-state index in [0.29, 0.717) is 12.0 Å². The van der Waals surface area contributed by atoms with Crippen LogP contribution >= 0.6 is 0 Å². The Morgan fingerprint density at radius 2 is 2.21 bits per heavy atom. The Hall–Kier alpha value is -0.900. The second-order valence-electron chi connectivity index (χ2n) is 5.34. The first-order valence-corrected chi connectivity index (χ1v) is 7.35. The molecule has 3 heteroatoms. The van der Waals surface area contributed by atoms with Crippen LogP contribution in [0, 0.1) is 5.92 Å². The normalized spacial score (nSPS) is 20.0. The molecule has 1 aromatic carbocycles. The average molecular weight is 263 g/mol. The van der Waals surface area contributed by atoms with Gasteiger partial charge in [-0.25, -0.2) is 0 Å². The smallest absolute Gasteiger partial charge is 0.0721 e. The number of fused-ring (bicyclic) bond motifs is 1. The Labute approximate surface area is 116 Å². The highest BCUT2D eigenvalue weighted by Gasteiger charge is 2.20. The number of aliphatic hydroxyl groups is 1. The summed E-state index contributed by atoms with van der Waals surface area (Å²) in [6.07, 6.45) is 3.23. The second kappa shape index (κ2) is 7.63. The molecule has 2 unspecified atom stereocenters. The Balaban J connectivity index is 1.92. The number of aliphatic hydroxyl groups excluding tert-OH is 1. The molecular formula is C16H25NO2. The first-order valence-electron chi connectivity index (χ1n) is 7.35. The molecule has 2 rings (SSSR count). The molecule has 0 aliphatic carbocycles.